The van der Waals surface area contributed by atoms with Crippen molar-refractivity contribution in [2.75, 3.05) is 37.7 Å². The number of carbonyl (C=O) groups is 4. The van der Waals surface area contributed by atoms with Crippen LogP contribution < -0.4 is 9.80 Å². The fraction of sp³-hybridized carbons (Fsp3) is 0.259. The van der Waals surface area contributed by atoms with Gasteiger partial charge in [0.2, 0.25) is 0 Å². The number of aryl methyl sites for hydroxylation is 1. The minimum absolute atomic E-state index is 0.148. The van der Waals surface area contributed by atoms with E-state index in [1.54, 1.807) is 54.3 Å². The van der Waals surface area contributed by atoms with E-state index in [0.29, 0.717) is 28.1 Å². The zero-order valence-corrected chi connectivity index (χ0v) is 20.8. The summed E-state index contributed by atoms with van der Waals surface area (Å²) in [6.45, 7) is 1.29. The summed E-state index contributed by atoms with van der Waals surface area (Å²) in [5, 5.41) is 10.1. The maximum atomic E-state index is 14.0. The van der Waals surface area contributed by atoms with Crippen molar-refractivity contribution in [3.63, 3.8) is 0 Å². The number of amides is 1. The summed E-state index contributed by atoms with van der Waals surface area (Å²) in [6, 6.07) is 12.0. The highest BCUT2D eigenvalue weighted by Gasteiger charge is 2.44. The van der Waals surface area contributed by atoms with Crippen LogP contribution in [-0.2, 0) is 35.2 Å². The first-order valence-electron chi connectivity index (χ1n) is 11.4. The molecule has 4 rings (SSSR count). The molecule has 1 unspecified atom stereocenters. The van der Waals surface area contributed by atoms with E-state index >= 15 is 0 Å². The van der Waals surface area contributed by atoms with E-state index in [1.165, 1.54) is 18.1 Å². The number of hydrogen-bond acceptors (Lipinski definition) is 9. The molecule has 2 aromatic rings. The Labute approximate surface area is 213 Å². The van der Waals surface area contributed by atoms with Gasteiger partial charge in [-0.3, -0.25) is 14.5 Å². The second-order valence-electron chi connectivity index (χ2n) is 8.40. The number of fused-ring (bicyclic) bond motifs is 3. The number of para-hydroxylation sites is 2. The standard InChI is InChI=1S/C27H26N2O8/c1-15-8-7-9-16(14-30)23(15)29-21-12-18(25(32)35-2)22(27(34)37-4)19(26(33)36-3)13-28(21)20-11-6-5-10-17(20)24(29)31/h5-12,19,30H,13-14H2,1-4H3. The highest BCUT2D eigenvalue weighted by Crippen LogP contribution is 2.42. The maximum Gasteiger partial charge on any atom is 0.338 e. The number of ether oxygens (including phenoxy) is 3. The van der Waals surface area contributed by atoms with E-state index in [0.717, 1.165) is 14.2 Å². The quantitative estimate of drug-likeness (QED) is 0.480. The topological polar surface area (TPSA) is 123 Å². The summed E-state index contributed by atoms with van der Waals surface area (Å²) in [5.41, 5.74) is 1.87. The van der Waals surface area contributed by atoms with E-state index in [9.17, 15) is 24.3 Å². The highest BCUT2D eigenvalue weighted by molar-refractivity contribution is 6.16. The summed E-state index contributed by atoms with van der Waals surface area (Å²) < 4.78 is 14.9. The van der Waals surface area contributed by atoms with Gasteiger partial charge in [-0.15, -0.1) is 0 Å². The van der Waals surface area contributed by atoms with Crippen molar-refractivity contribution in [2.24, 2.45) is 5.92 Å². The van der Waals surface area contributed by atoms with Crippen LogP contribution >= 0.6 is 0 Å². The molecule has 0 fully saturated rings. The average Bonchev–Trinajstić information content (AvgIpc) is 3.10. The van der Waals surface area contributed by atoms with Gasteiger partial charge in [0.25, 0.3) is 5.91 Å². The lowest BCUT2D eigenvalue weighted by Gasteiger charge is -2.41. The first-order chi connectivity index (χ1) is 17.8. The Kier molecular flexibility index (Phi) is 7.12. The number of methoxy groups -OCH3 is 3. The van der Waals surface area contributed by atoms with Gasteiger partial charge in [0, 0.05) is 12.1 Å². The van der Waals surface area contributed by atoms with Crippen LogP contribution in [0.1, 0.15) is 21.5 Å². The molecule has 0 aliphatic carbocycles. The third-order valence-electron chi connectivity index (χ3n) is 6.42. The lowest BCUT2D eigenvalue weighted by molar-refractivity contribution is -0.147. The maximum absolute atomic E-state index is 14.0. The highest BCUT2D eigenvalue weighted by atomic mass is 16.5. The Hall–Kier alpha value is -4.44. The van der Waals surface area contributed by atoms with Crippen molar-refractivity contribution < 1.29 is 38.5 Å². The van der Waals surface area contributed by atoms with Crippen LogP contribution in [0.5, 0.6) is 0 Å². The fourth-order valence-electron chi connectivity index (χ4n) is 4.72. The average molecular weight is 507 g/mol. The number of nitrogens with zero attached hydrogens (tertiary/aromatic N) is 2. The van der Waals surface area contributed by atoms with Gasteiger partial charge in [0.1, 0.15) is 11.7 Å². The molecular formula is C27H26N2O8. The summed E-state index contributed by atoms with van der Waals surface area (Å²) in [6.07, 6.45) is 1.34. The minimum atomic E-state index is -1.25. The third-order valence-corrected chi connectivity index (χ3v) is 6.42. The number of benzene rings is 2. The normalized spacial score (nSPS) is 16.8. The molecule has 2 aromatic carbocycles. The Bertz CT molecular complexity index is 1360. The Balaban J connectivity index is 2.11. The molecule has 1 amide bonds. The molecule has 2 aliphatic rings. The molecule has 0 aromatic heterocycles. The zero-order valence-electron chi connectivity index (χ0n) is 20.8. The zero-order chi connectivity index (χ0) is 26.9. The van der Waals surface area contributed by atoms with Crippen LogP contribution in [0.3, 0.4) is 0 Å². The Morgan fingerprint density at radius 2 is 1.68 bits per heavy atom. The van der Waals surface area contributed by atoms with Gasteiger partial charge < -0.3 is 24.2 Å². The molecular weight excluding hydrogens is 480 g/mol. The van der Waals surface area contributed by atoms with Gasteiger partial charge in [0.05, 0.1) is 56.0 Å². The molecule has 192 valence electrons. The minimum Gasteiger partial charge on any atom is -0.468 e. The number of rotatable bonds is 5. The summed E-state index contributed by atoms with van der Waals surface area (Å²) in [5.74, 6) is -4.06. The van der Waals surface area contributed by atoms with Crippen LogP contribution in [0.4, 0.5) is 11.4 Å². The van der Waals surface area contributed by atoms with Crippen LogP contribution in [0.2, 0.25) is 0 Å². The number of aliphatic hydroxyl groups is 1. The van der Waals surface area contributed by atoms with Crippen LogP contribution in [0.25, 0.3) is 0 Å². The lowest BCUT2D eigenvalue weighted by atomic mass is 9.94. The molecule has 0 saturated heterocycles. The molecule has 37 heavy (non-hydrogen) atoms. The third kappa shape index (κ3) is 4.25. The Morgan fingerprint density at radius 3 is 2.32 bits per heavy atom. The van der Waals surface area contributed by atoms with E-state index in [1.807, 2.05) is 0 Å². The number of carbonyl (C=O) groups excluding carboxylic acids is 4. The number of anilines is 2. The lowest BCUT2D eigenvalue weighted by Crippen LogP contribution is -2.47. The molecule has 10 heteroatoms. The van der Waals surface area contributed by atoms with E-state index < -0.39 is 29.7 Å². The molecule has 0 spiro atoms. The Morgan fingerprint density at radius 1 is 0.973 bits per heavy atom. The van der Waals surface area contributed by atoms with Gasteiger partial charge >= 0.3 is 17.9 Å². The van der Waals surface area contributed by atoms with E-state index in [-0.39, 0.29) is 30.1 Å². The number of esters is 3. The van der Waals surface area contributed by atoms with Crippen molar-refractivity contribution in [3.8, 4) is 0 Å². The first kappa shape index (κ1) is 25.6. The van der Waals surface area contributed by atoms with Crippen molar-refractivity contribution in [2.45, 2.75) is 13.5 Å². The second kappa shape index (κ2) is 10.3. The smallest absolute Gasteiger partial charge is 0.338 e. The van der Waals surface area contributed by atoms with Gasteiger partial charge in [-0.2, -0.15) is 0 Å². The van der Waals surface area contributed by atoms with Crippen molar-refractivity contribution in [1.29, 1.82) is 0 Å². The molecule has 0 saturated carbocycles. The molecule has 2 heterocycles. The van der Waals surface area contributed by atoms with Crippen molar-refractivity contribution in [3.05, 3.63) is 82.2 Å². The van der Waals surface area contributed by atoms with E-state index in [2.05, 4.69) is 0 Å². The van der Waals surface area contributed by atoms with Gasteiger partial charge in [0.15, 0.2) is 0 Å². The van der Waals surface area contributed by atoms with Crippen LogP contribution in [0, 0.1) is 12.8 Å². The summed E-state index contributed by atoms with van der Waals surface area (Å²) in [4.78, 5) is 55.9. The SMILES string of the molecule is COC(=O)C1=C(C(=O)OC)C(C(=O)OC)CN2C(=C1)N(c1c(C)cccc1CO)C(=O)c1ccccc12. The summed E-state index contributed by atoms with van der Waals surface area (Å²) >= 11 is 0. The van der Waals surface area contributed by atoms with Gasteiger partial charge in [-0.1, -0.05) is 30.3 Å². The molecule has 2 aliphatic heterocycles. The molecule has 1 N–H and O–H groups in total. The predicted octanol–water partition coefficient (Wildman–Crippen LogP) is 2.24. The van der Waals surface area contributed by atoms with Crippen LogP contribution in [0.15, 0.2) is 65.5 Å². The molecule has 0 bridgehead atoms. The molecule has 1 atom stereocenters. The number of aliphatic hydroxyl groups excluding tert-OH is 1. The monoisotopic (exact) mass is 506 g/mol. The fourth-order valence-corrected chi connectivity index (χ4v) is 4.72. The van der Waals surface area contributed by atoms with E-state index in [4.69, 9.17) is 14.2 Å². The largest absolute Gasteiger partial charge is 0.468 e. The summed E-state index contributed by atoms with van der Waals surface area (Å²) in [7, 11) is 3.45. The number of hydrogen-bond donors (Lipinski definition) is 1. The van der Waals surface area contributed by atoms with Crippen molar-refractivity contribution in [1.82, 2.24) is 0 Å². The van der Waals surface area contributed by atoms with Crippen LogP contribution in [-0.4, -0.2) is 56.8 Å². The molecule has 0 radical (unpaired) electrons. The molecule has 10 nitrogen and oxygen atoms in total. The van der Waals surface area contributed by atoms with Gasteiger partial charge in [-0.05, 0) is 30.7 Å². The van der Waals surface area contributed by atoms with Crippen molar-refractivity contribution >= 4 is 35.2 Å². The first-order valence-corrected chi connectivity index (χ1v) is 11.4. The second-order valence-corrected chi connectivity index (χ2v) is 8.40. The van der Waals surface area contributed by atoms with Gasteiger partial charge in [-0.25, -0.2) is 9.59 Å². The predicted molar refractivity (Wildman–Crippen MR) is 132 cm³/mol.